The number of amidine groups is 1. The van der Waals surface area contributed by atoms with E-state index in [-0.39, 0.29) is 17.5 Å². The summed E-state index contributed by atoms with van der Waals surface area (Å²) >= 11 is 12.6. The predicted molar refractivity (Wildman–Crippen MR) is 183 cm³/mol. The minimum atomic E-state index is -3.78. The van der Waals surface area contributed by atoms with Crippen molar-refractivity contribution < 1.29 is 23.1 Å². The number of halogens is 2. The number of ether oxygens (including phenoxy) is 1. The van der Waals surface area contributed by atoms with Crippen molar-refractivity contribution in [2.45, 2.75) is 36.7 Å². The van der Waals surface area contributed by atoms with Gasteiger partial charge in [-0.05, 0) is 73.4 Å². The second-order valence-electron chi connectivity index (χ2n) is 11.9. The second kappa shape index (κ2) is 14.5. The first kappa shape index (κ1) is 33.7. The zero-order valence-electron chi connectivity index (χ0n) is 26.3. The van der Waals surface area contributed by atoms with Gasteiger partial charge in [0.05, 0.1) is 29.7 Å². The first-order chi connectivity index (χ1) is 22.7. The van der Waals surface area contributed by atoms with E-state index in [1.165, 1.54) is 4.31 Å². The smallest absolute Gasteiger partial charge is 0.326 e. The maximum Gasteiger partial charge on any atom is 0.326 e. The summed E-state index contributed by atoms with van der Waals surface area (Å²) in [5, 5.41) is 10.6. The van der Waals surface area contributed by atoms with Gasteiger partial charge in [0.15, 0.2) is 0 Å². The number of rotatable bonds is 9. The minimum Gasteiger partial charge on any atom is -0.493 e. The highest BCUT2D eigenvalue weighted by Crippen LogP contribution is 2.46. The largest absolute Gasteiger partial charge is 0.493 e. The molecule has 3 aliphatic heterocycles. The molecule has 10 nitrogen and oxygen atoms in total. The van der Waals surface area contributed by atoms with E-state index in [9.17, 15) is 18.3 Å². The van der Waals surface area contributed by atoms with Crippen LogP contribution in [0.5, 0.6) is 5.75 Å². The van der Waals surface area contributed by atoms with E-state index in [4.69, 9.17) is 32.9 Å². The lowest BCUT2D eigenvalue weighted by Gasteiger charge is -2.39. The molecule has 3 aromatic rings. The van der Waals surface area contributed by atoms with Crippen molar-refractivity contribution in [1.82, 2.24) is 19.0 Å². The van der Waals surface area contributed by atoms with Gasteiger partial charge >= 0.3 is 6.03 Å². The fourth-order valence-corrected chi connectivity index (χ4v) is 8.31. The number of hydrogen-bond donors (Lipinski definition) is 1. The molecule has 47 heavy (non-hydrogen) atoms. The molecule has 2 fully saturated rings. The molecule has 250 valence electrons. The van der Waals surface area contributed by atoms with E-state index in [1.54, 1.807) is 52.3 Å². The van der Waals surface area contributed by atoms with Crippen molar-refractivity contribution >= 4 is 45.1 Å². The number of nitrogens with zero attached hydrogens (tertiary/aromatic N) is 5. The van der Waals surface area contributed by atoms with Crippen LogP contribution in [-0.4, -0.2) is 103 Å². The SMILES string of the molecule is CCOc1ccc(S(=O)(=O)N2CCCC2)cc1C1=NC(c2ccc(Cl)cc2)C(c2ccc(Cl)cc2)N1C(=O)N1CCN(CCO)CC1. The standard InChI is InChI=1S/C34H39Cl2N5O5S/c1-2-46-30-14-13-28(47(44,45)40-15-3-4-16-40)23-29(30)33-37-31(24-5-9-26(35)10-6-24)32(25-7-11-27(36)12-8-25)41(33)34(43)39-19-17-38(18-20-39)21-22-42/h5-14,23,31-32,42H,2-4,15-22H2,1H3. The molecule has 1 N–H and O–H groups in total. The highest BCUT2D eigenvalue weighted by atomic mass is 35.5. The van der Waals surface area contributed by atoms with Crippen LogP contribution in [-0.2, 0) is 10.0 Å². The number of carbonyl (C=O) groups excluding carboxylic acids is 1. The third kappa shape index (κ3) is 7.02. The van der Waals surface area contributed by atoms with Gasteiger partial charge < -0.3 is 14.7 Å². The fraction of sp³-hybridized carbons (Fsp3) is 0.412. The molecule has 3 aromatic carbocycles. The summed E-state index contributed by atoms with van der Waals surface area (Å²) < 4.78 is 35.1. The molecule has 0 bridgehead atoms. The number of aliphatic imine (C=N–C) groups is 1. The van der Waals surface area contributed by atoms with Crippen LogP contribution in [0.2, 0.25) is 10.0 Å². The Labute approximate surface area is 286 Å². The summed E-state index contributed by atoms with van der Waals surface area (Å²) in [6.07, 6.45) is 1.63. The number of carbonyl (C=O) groups is 1. The average Bonchev–Trinajstić information content (AvgIpc) is 3.76. The Kier molecular flexibility index (Phi) is 10.4. The Balaban J connectivity index is 1.51. The van der Waals surface area contributed by atoms with Crippen LogP contribution in [0.25, 0.3) is 0 Å². The molecule has 2 unspecified atom stereocenters. The molecule has 2 amide bonds. The summed E-state index contributed by atoms with van der Waals surface area (Å²) in [6, 6.07) is 18.2. The monoisotopic (exact) mass is 699 g/mol. The lowest BCUT2D eigenvalue weighted by Crippen LogP contribution is -2.54. The molecule has 0 aromatic heterocycles. The van der Waals surface area contributed by atoms with Gasteiger partial charge in [-0.3, -0.25) is 14.8 Å². The van der Waals surface area contributed by atoms with Crippen molar-refractivity contribution in [2.75, 3.05) is 59.0 Å². The Hall–Kier alpha value is -3.19. The number of amides is 2. The van der Waals surface area contributed by atoms with Crippen LogP contribution in [0.3, 0.4) is 0 Å². The first-order valence-electron chi connectivity index (χ1n) is 16.0. The number of hydrogen-bond acceptors (Lipinski definition) is 7. The number of aliphatic hydroxyl groups excluding tert-OH is 1. The quantitative estimate of drug-likeness (QED) is 0.319. The molecular formula is C34H39Cl2N5O5S. The first-order valence-corrected chi connectivity index (χ1v) is 18.2. The van der Waals surface area contributed by atoms with Crippen molar-refractivity contribution in [1.29, 1.82) is 0 Å². The Morgan fingerprint density at radius 2 is 1.51 bits per heavy atom. The molecule has 2 saturated heterocycles. The van der Waals surface area contributed by atoms with E-state index in [0.717, 1.165) is 24.0 Å². The molecule has 0 spiro atoms. The van der Waals surface area contributed by atoms with Crippen LogP contribution in [0.1, 0.15) is 48.5 Å². The van der Waals surface area contributed by atoms with Crippen LogP contribution < -0.4 is 4.74 Å². The van der Waals surface area contributed by atoms with Gasteiger partial charge in [-0.1, -0.05) is 47.5 Å². The topological polar surface area (TPSA) is 106 Å². The fourth-order valence-electron chi connectivity index (χ4n) is 6.51. The van der Waals surface area contributed by atoms with Crippen molar-refractivity contribution in [2.24, 2.45) is 4.99 Å². The van der Waals surface area contributed by atoms with Gasteiger partial charge in [0.1, 0.15) is 17.6 Å². The summed E-state index contributed by atoms with van der Waals surface area (Å²) in [6.45, 7) is 5.88. The molecule has 13 heteroatoms. The summed E-state index contributed by atoms with van der Waals surface area (Å²) in [7, 11) is -3.78. The molecule has 6 rings (SSSR count). The number of aliphatic hydroxyl groups is 1. The third-order valence-electron chi connectivity index (χ3n) is 8.95. The number of piperazine rings is 1. The lowest BCUT2D eigenvalue weighted by molar-refractivity contribution is 0.108. The van der Waals surface area contributed by atoms with Gasteiger partial charge in [0.25, 0.3) is 0 Å². The zero-order valence-corrected chi connectivity index (χ0v) is 28.6. The second-order valence-corrected chi connectivity index (χ2v) is 14.7. The zero-order chi connectivity index (χ0) is 33.1. The summed E-state index contributed by atoms with van der Waals surface area (Å²) in [4.78, 5) is 25.7. The van der Waals surface area contributed by atoms with Crippen molar-refractivity contribution in [3.05, 3.63) is 93.5 Å². The Bertz CT molecular complexity index is 1710. The van der Waals surface area contributed by atoms with E-state index in [2.05, 4.69) is 4.90 Å². The van der Waals surface area contributed by atoms with Gasteiger partial charge in [-0.25, -0.2) is 13.2 Å². The highest BCUT2D eigenvalue weighted by molar-refractivity contribution is 7.89. The summed E-state index contributed by atoms with van der Waals surface area (Å²) in [5.41, 5.74) is 2.09. The van der Waals surface area contributed by atoms with Crippen LogP contribution in [0.15, 0.2) is 76.6 Å². The van der Waals surface area contributed by atoms with Gasteiger partial charge in [0.2, 0.25) is 10.0 Å². The van der Waals surface area contributed by atoms with Crippen molar-refractivity contribution in [3.8, 4) is 5.75 Å². The Morgan fingerprint density at radius 3 is 2.11 bits per heavy atom. The molecule has 3 heterocycles. The highest BCUT2D eigenvalue weighted by Gasteiger charge is 2.45. The van der Waals surface area contributed by atoms with Crippen LogP contribution in [0.4, 0.5) is 4.79 Å². The molecule has 0 radical (unpaired) electrons. The van der Waals surface area contributed by atoms with E-state index in [0.29, 0.717) is 79.6 Å². The number of benzene rings is 3. The van der Waals surface area contributed by atoms with Gasteiger partial charge in [0, 0.05) is 55.9 Å². The van der Waals surface area contributed by atoms with Gasteiger partial charge in [-0.2, -0.15) is 4.31 Å². The van der Waals surface area contributed by atoms with E-state index >= 15 is 0 Å². The maximum absolute atomic E-state index is 14.8. The molecule has 0 saturated carbocycles. The van der Waals surface area contributed by atoms with Crippen LogP contribution >= 0.6 is 23.2 Å². The minimum absolute atomic E-state index is 0.0508. The van der Waals surface area contributed by atoms with Crippen molar-refractivity contribution in [3.63, 3.8) is 0 Å². The van der Waals surface area contributed by atoms with E-state index < -0.39 is 22.1 Å². The predicted octanol–water partition coefficient (Wildman–Crippen LogP) is 5.45. The normalized spacial score (nSPS) is 20.9. The van der Waals surface area contributed by atoms with Gasteiger partial charge in [-0.15, -0.1) is 0 Å². The Morgan fingerprint density at radius 1 is 0.894 bits per heavy atom. The third-order valence-corrected chi connectivity index (χ3v) is 11.3. The summed E-state index contributed by atoms with van der Waals surface area (Å²) in [5.74, 6) is 0.762. The maximum atomic E-state index is 14.8. The molecule has 0 aliphatic carbocycles. The number of urea groups is 1. The van der Waals surface area contributed by atoms with Crippen LogP contribution in [0, 0.1) is 0 Å². The molecular weight excluding hydrogens is 661 g/mol. The average molecular weight is 701 g/mol. The number of β-amino-alcohol motifs (C(OH)–C–C–N with tert-alkyl or cyclic N) is 1. The molecule has 3 aliphatic rings. The number of sulfonamides is 1. The van der Waals surface area contributed by atoms with E-state index in [1.807, 2.05) is 31.2 Å². The lowest BCUT2D eigenvalue weighted by atomic mass is 9.93. The molecule has 2 atom stereocenters.